The van der Waals surface area contributed by atoms with Gasteiger partial charge in [0.05, 0.1) is 21.1 Å². The number of hydrogen-bond acceptors (Lipinski definition) is 4. The molecule has 0 aliphatic rings. The number of carbonyl (C=O) groups is 2. The Morgan fingerprint density at radius 3 is 1.95 bits per heavy atom. The van der Waals surface area contributed by atoms with Crippen molar-refractivity contribution in [1.29, 1.82) is 0 Å². The van der Waals surface area contributed by atoms with Gasteiger partial charge < -0.3 is 19.5 Å². The van der Waals surface area contributed by atoms with E-state index in [1.807, 2.05) is 21.1 Å². The quantitative estimate of drug-likeness (QED) is 0.410. The molecule has 5 heteroatoms. The van der Waals surface area contributed by atoms with E-state index in [1.165, 1.54) is 25.7 Å². The molecule has 1 atom stereocenters. The van der Waals surface area contributed by atoms with Gasteiger partial charge in [-0.05, 0) is 6.42 Å². The fraction of sp³-hybridized carbons (Fsp3) is 0.882. The minimum Gasteiger partial charge on any atom is -0.550 e. The summed E-state index contributed by atoms with van der Waals surface area (Å²) in [6.07, 6.45) is 7.19. The summed E-state index contributed by atoms with van der Waals surface area (Å²) in [6.45, 7) is 2.25. The van der Waals surface area contributed by atoms with Crippen LogP contribution in [-0.2, 0) is 9.59 Å². The van der Waals surface area contributed by atoms with Gasteiger partial charge in [0.1, 0.15) is 6.54 Å². The molecule has 0 saturated carbocycles. The van der Waals surface area contributed by atoms with Crippen LogP contribution in [0.25, 0.3) is 0 Å². The topological polar surface area (TPSA) is 77.4 Å². The average molecular weight is 315 g/mol. The lowest BCUT2D eigenvalue weighted by Crippen LogP contribution is -2.56. The molecule has 0 aromatic heterocycles. The van der Waals surface area contributed by atoms with Crippen LogP contribution >= 0.6 is 0 Å². The number of likely N-dealkylation sites (N-methyl/N-ethyl adjacent to an activating group) is 1. The van der Waals surface area contributed by atoms with Crippen molar-refractivity contribution in [2.75, 3.05) is 27.7 Å². The molecule has 0 radical (unpaired) electrons. The number of rotatable bonds is 13. The number of hydrogen-bond donors (Lipinski definition) is 1. The van der Waals surface area contributed by atoms with Crippen LogP contribution in [0.15, 0.2) is 0 Å². The highest BCUT2D eigenvalue weighted by atomic mass is 16.4. The zero-order chi connectivity index (χ0) is 17.2. The maximum atomic E-state index is 12.3. The number of carbonyl (C=O) groups excluding carboxylic acids is 2. The van der Waals surface area contributed by atoms with Crippen molar-refractivity contribution in [3.8, 4) is 0 Å². The summed E-state index contributed by atoms with van der Waals surface area (Å²) in [5, 5.41) is 21.3. The number of Topliss-reactive ketones (excluding diaryl/α,β-unsaturated/α-hetero) is 1. The highest BCUT2D eigenvalue weighted by Crippen LogP contribution is 2.19. The Kier molecular flexibility index (Phi) is 9.53. The summed E-state index contributed by atoms with van der Waals surface area (Å²) in [6, 6.07) is 0. The first kappa shape index (κ1) is 21.1. The first-order chi connectivity index (χ1) is 10.1. The van der Waals surface area contributed by atoms with E-state index in [4.69, 9.17) is 0 Å². The van der Waals surface area contributed by atoms with Crippen molar-refractivity contribution in [2.24, 2.45) is 0 Å². The number of nitrogens with zero attached hydrogens (tertiary/aromatic N) is 1. The molecule has 0 spiro atoms. The molecule has 0 fully saturated rings. The van der Waals surface area contributed by atoms with Gasteiger partial charge in [-0.3, -0.25) is 4.79 Å². The van der Waals surface area contributed by atoms with Crippen LogP contribution in [0.5, 0.6) is 0 Å². The van der Waals surface area contributed by atoms with Crippen LogP contribution in [0.1, 0.15) is 64.7 Å². The summed E-state index contributed by atoms with van der Waals surface area (Å²) in [5.74, 6) is -1.76. The molecule has 130 valence electrons. The molecule has 0 aliphatic heterocycles. The Morgan fingerprint density at radius 2 is 1.50 bits per heavy atom. The Balaban J connectivity index is 4.31. The van der Waals surface area contributed by atoms with Crippen LogP contribution < -0.4 is 5.11 Å². The highest BCUT2D eigenvalue weighted by Gasteiger charge is 2.40. The maximum absolute atomic E-state index is 12.3. The predicted octanol–water partition coefficient (Wildman–Crippen LogP) is 1.27. The molecule has 0 heterocycles. The molecule has 5 nitrogen and oxygen atoms in total. The molecule has 0 amide bonds. The van der Waals surface area contributed by atoms with Gasteiger partial charge in [0, 0.05) is 18.8 Å². The molecule has 1 unspecified atom stereocenters. The third-order valence-corrected chi connectivity index (χ3v) is 3.70. The Hall–Kier alpha value is -0.940. The largest absolute Gasteiger partial charge is 0.550 e. The van der Waals surface area contributed by atoms with Gasteiger partial charge in [0.2, 0.25) is 0 Å². The Morgan fingerprint density at radius 1 is 1.00 bits per heavy atom. The van der Waals surface area contributed by atoms with Crippen molar-refractivity contribution in [1.82, 2.24) is 0 Å². The van der Waals surface area contributed by atoms with Gasteiger partial charge in [-0.25, -0.2) is 0 Å². The standard InChI is InChI=1S/C17H33NO4/c1-5-6-7-8-9-10-11-12-15(19)17(22,13-16(20)21)14-18(2,3)4/h22H,5-14H2,1-4H3. The molecule has 0 saturated heterocycles. The minimum atomic E-state index is -1.82. The van der Waals surface area contributed by atoms with Gasteiger partial charge in [-0.1, -0.05) is 45.4 Å². The zero-order valence-electron chi connectivity index (χ0n) is 14.7. The maximum Gasteiger partial charge on any atom is 0.177 e. The second-order valence-electron chi connectivity index (χ2n) is 7.32. The van der Waals surface area contributed by atoms with Crippen LogP contribution in [0, 0.1) is 0 Å². The first-order valence-electron chi connectivity index (χ1n) is 8.37. The molecule has 0 bridgehead atoms. The Bertz CT molecular complexity index is 349. The van der Waals surface area contributed by atoms with E-state index in [9.17, 15) is 19.8 Å². The second-order valence-corrected chi connectivity index (χ2v) is 7.32. The Labute approximate surface area is 134 Å². The van der Waals surface area contributed by atoms with Crippen molar-refractivity contribution in [3.63, 3.8) is 0 Å². The summed E-state index contributed by atoms with van der Waals surface area (Å²) in [5.41, 5.74) is -1.82. The summed E-state index contributed by atoms with van der Waals surface area (Å²) in [7, 11) is 5.46. The summed E-state index contributed by atoms with van der Waals surface area (Å²) in [4.78, 5) is 23.1. The van der Waals surface area contributed by atoms with Crippen LogP contribution in [0.4, 0.5) is 0 Å². The lowest BCUT2D eigenvalue weighted by atomic mass is 9.89. The SMILES string of the molecule is CCCCCCCCCC(=O)C(O)(CC(=O)[O-])C[N+](C)(C)C. The molecule has 0 rings (SSSR count). The lowest BCUT2D eigenvalue weighted by Gasteiger charge is -2.34. The fourth-order valence-electron chi connectivity index (χ4n) is 2.74. The minimum absolute atomic E-state index is 0.0797. The van der Waals surface area contributed by atoms with Crippen molar-refractivity contribution < 1.29 is 24.3 Å². The molecule has 0 aliphatic carbocycles. The number of aliphatic carboxylic acids is 1. The van der Waals surface area contributed by atoms with Crippen LogP contribution in [0.2, 0.25) is 0 Å². The number of carboxylic acid groups (broad SMARTS) is 1. The van der Waals surface area contributed by atoms with Crippen molar-refractivity contribution >= 4 is 11.8 Å². The average Bonchev–Trinajstić information content (AvgIpc) is 2.34. The van der Waals surface area contributed by atoms with Crippen LogP contribution in [0.3, 0.4) is 0 Å². The van der Waals surface area contributed by atoms with Gasteiger partial charge in [0.15, 0.2) is 11.4 Å². The van der Waals surface area contributed by atoms with Gasteiger partial charge in [-0.2, -0.15) is 0 Å². The molecular formula is C17H33NO4. The van der Waals surface area contributed by atoms with E-state index >= 15 is 0 Å². The molecule has 0 aromatic carbocycles. The van der Waals surface area contributed by atoms with Crippen molar-refractivity contribution in [3.05, 3.63) is 0 Å². The van der Waals surface area contributed by atoms with Gasteiger partial charge in [-0.15, -0.1) is 0 Å². The number of ketones is 1. The third-order valence-electron chi connectivity index (χ3n) is 3.70. The van der Waals surface area contributed by atoms with E-state index < -0.39 is 18.0 Å². The molecule has 0 aromatic rings. The number of quaternary nitrogens is 1. The van der Waals surface area contributed by atoms with Crippen molar-refractivity contribution in [2.45, 2.75) is 70.3 Å². The monoisotopic (exact) mass is 315 g/mol. The normalized spacial score (nSPS) is 14.6. The van der Waals surface area contributed by atoms with Gasteiger partial charge in [0.25, 0.3) is 0 Å². The zero-order valence-corrected chi connectivity index (χ0v) is 14.7. The van der Waals surface area contributed by atoms with E-state index in [2.05, 4.69) is 6.92 Å². The lowest BCUT2D eigenvalue weighted by molar-refractivity contribution is -0.875. The third kappa shape index (κ3) is 9.90. The van der Waals surface area contributed by atoms with E-state index in [0.29, 0.717) is 10.9 Å². The fourth-order valence-corrected chi connectivity index (χ4v) is 2.74. The first-order valence-corrected chi connectivity index (χ1v) is 8.37. The highest BCUT2D eigenvalue weighted by molar-refractivity contribution is 5.90. The molecule has 22 heavy (non-hydrogen) atoms. The van der Waals surface area contributed by atoms with E-state index in [0.717, 1.165) is 12.8 Å². The summed E-state index contributed by atoms with van der Waals surface area (Å²) >= 11 is 0. The second kappa shape index (κ2) is 9.95. The van der Waals surface area contributed by atoms with E-state index in [1.54, 1.807) is 0 Å². The number of aliphatic hydroxyl groups is 1. The van der Waals surface area contributed by atoms with Crippen LogP contribution in [-0.4, -0.2) is 54.6 Å². The van der Waals surface area contributed by atoms with Gasteiger partial charge >= 0.3 is 0 Å². The number of unbranched alkanes of at least 4 members (excludes halogenated alkanes) is 6. The molecule has 1 N–H and O–H groups in total. The summed E-state index contributed by atoms with van der Waals surface area (Å²) < 4.78 is 0.326. The molecular weight excluding hydrogens is 282 g/mol. The number of carboxylic acids is 1. The van der Waals surface area contributed by atoms with E-state index in [-0.39, 0.29) is 18.7 Å². The predicted molar refractivity (Wildman–Crippen MR) is 85.1 cm³/mol. The smallest absolute Gasteiger partial charge is 0.177 e.